The molecule has 1 aliphatic rings. The summed E-state index contributed by atoms with van der Waals surface area (Å²) in [5.74, 6) is 0. The first kappa shape index (κ1) is 20.9. The predicted octanol–water partition coefficient (Wildman–Crippen LogP) is 2.65. The van der Waals surface area contributed by atoms with Gasteiger partial charge in [0, 0.05) is 36.5 Å². The molecular weight excluding hydrogens is 420 g/mol. The number of sulfonamides is 1. The van der Waals surface area contributed by atoms with Crippen molar-refractivity contribution in [1.82, 2.24) is 18.8 Å². The van der Waals surface area contributed by atoms with Gasteiger partial charge in [-0.1, -0.05) is 30.3 Å². The quantitative estimate of drug-likeness (QED) is 0.605. The van der Waals surface area contributed by atoms with Crippen molar-refractivity contribution in [1.29, 1.82) is 0 Å². The second-order valence-corrected chi connectivity index (χ2v) is 10.4. The Labute approximate surface area is 179 Å². The third kappa shape index (κ3) is 4.24. The Bertz CT molecular complexity index is 1240. The van der Waals surface area contributed by atoms with Crippen molar-refractivity contribution in [3.8, 4) is 0 Å². The maximum Gasteiger partial charge on any atom is 0.263 e. The fourth-order valence-electron chi connectivity index (χ4n) is 3.53. The van der Waals surface area contributed by atoms with E-state index in [4.69, 9.17) is 0 Å². The van der Waals surface area contributed by atoms with Crippen LogP contribution in [0.2, 0.25) is 0 Å². The number of hydrogen-bond acceptors (Lipinski definition) is 6. The standard InChI is InChI=1S/C21H24N4O3S2/c1-16-17(2)29-20-19(16)21(26)24(14-22-20)15-23-9-11-25(12-10-23)30(27,28)13-8-18-6-4-3-5-7-18/h3-8,13-14H,9-12,15H2,1-2H3/b13-8+. The number of nitrogens with zero attached hydrogens (tertiary/aromatic N) is 4. The highest BCUT2D eigenvalue weighted by Crippen LogP contribution is 2.25. The summed E-state index contributed by atoms with van der Waals surface area (Å²) < 4.78 is 28.3. The van der Waals surface area contributed by atoms with Crippen LogP contribution in [-0.2, 0) is 16.7 Å². The van der Waals surface area contributed by atoms with E-state index in [1.165, 1.54) is 21.1 Å². The zero-order valence-corrected chi connectivity index (χ0v) is 18.6. The molecule has 9 heteroatoms. The fourth-order valence-corrected chi connectivity index (χ4v) is 5.69. The van der Waals surface area contributed by atoms with Crippen LogP contribution in [-0.4, -0.2) is 53.4 Å². The average molecular weight is 445 g/mol. The molecule has 1 fully saturated rings. The Morgan fingerprint density at radius 3 is 2.50 bits per heavy atom. The summed E-state index contributed by atoms with van der Waals surface area (Å²) in [6, 6.07) is 9.37. The Balaban J connectivity index is 1.42. The van der Waals surface area contributed by atoms with Gasteiger partial charge < -0.3 is 0 Å². The van der Waals surface area contributed by atoms with E-state index < -0.39 is 10.0 Å². The molecule has 1 aromatic carbocycles. The lowest BCUT2D eigenvalue weighted by molar-refractivity contribution is 0.151. The van der Waals surface area contributed by atoms with Crippen molar-refractivity contribution in [2.45, 2.75) is 20.5 Å². The van der Waals surface area contributed by atoms with Gasteiger partial charge in [0.25, 0.3) is 5.56 Å². The number of hydrogen-bond donors (Lipinski definition) is 0. The van der Waals surface area contributed by atoms with Crippen molar-refractivity contribution < 1.29 is 8.42 Å². The molecular formula is C21H24N4O3S2. The Morgan fingerprint density at radius 2 is 1.80 bits per heavy atom. The Morgan fingerprint density at radius 1 is 1.10 bits per heavy atom. The highest BCUT2D eigenvalue weighted by Gasteiger charge is 2.25. The molecule has 7 nitrogen and oxygen atoms in total. The molecule has 1 aliphatic heterocycles. The van der Waals surface area contributed by atoms with Crippen LogP contribution in [0.5, 0.6) is 0 Å². The lowest BCUT2D eigenvalue weighted by atomic mass is 10.2. The van der Waals surface area contributed by atoms with Crippen LogP contribution >= 0.6 is 11.3 Å². The van der Waals surface area contributed by atoms with Gasteiger partial charge in [0.15, 0.2) is 0 Å². The van der Waals surface area contributed by atoms with Crippen LogP contribution in [0.3, 0.4) is 0 Å². The van der Waals surface area contributed by atoms with Gasteiger partial charge in [0.2, 0.25) is 10.0 Å². The van der Waals surface area contributed by atoms with E-state index in [1.807, 2.05) is 44.2 Å². The van der Waals surface area contributed by atoms with Crippen molar-refractivity contribution >= 4 is 37.7 Å². The van der Waals surface area contributed by atoms with E-state index >= 15 is 0 Å². The number of piperazine rings is 1. The molecule has 0 unspecified atom stereocenters. The van der Waals surface area contributed by atoms with Crippen LogP contribution in [0, 0.1) is 13.8 Å². The first-order valence-electron chi connectivity index (χ1n) is 9.76. The molecule has 0 aliphatic carbocycles. The topological polar surface area (TPSA) is 75.5 Å². The van der Waals surface area contributed by atoms with Crippen molar-refractivity contribution in [2.24, 2.45) is 0 Å². The highest BCUT2D eigenvalue weighted by atomic mass is 32.2. The summed E-state index contributed by atoms with van der Waals surface area (Å²) in [4.78, 5) is 21.3. The average Bonchev–Trinajstić information content (AvgIpc) is 3.04. The van der Waals surface area contributed by atoms with Crippen LogP contribution in [0.1, 0.15) is 16.0 Å². The van der Waals surface area contributed by atoms with Gasteiger partial charge in [-0.2, -0.15) is 4.31 Å². The van der Waals surface area contributed by atoms with Crippen LogP contribution in [0.4, 0.5) is 0 Å². The Hall–Kier alpha value is -2.33. The number of aromatic nitrogens is 2. The molecule has 3 heterocycles. The summed E-state index contributed by atoms with van der Waals surface area (Å²) in [5.41, 5.74) is 1.80. The predicted molar refractivity (Wildman–Crippen MR) is 121 cm³/mol. The fraction of sp³-hybridized carbons (Fsp3) is 0.333. The summed E-state index contributed by atoms with van der Waals surface area (Å²) in [6.45, 7) is 6.26. The largest absolute Gasteiger partial charge is 0.285 e. The number of rotatable bonds is 5. The molecule has 2 aromatic heterocycles. The maximum absolute atomic E-state index is 12.9. The van der Waals surface area contributed by atoms with Gasteiger partial charge in [-0.3, -0.25) is 14.3 Å². The normalized spacial score (nSPS) is 16.6. The van der Waals surface area contributed by atoms with Gasteiger partial charge in [-0.25, -0.2) is 13.4 Å². The number of fused-ring (bicyclic) bond motifs is 1. The van der Waals surface area contributed by atoms with E-state index in [9.17, 15) is 13.2 Å². The third-order valence-electron chi connectivity index (χ3n) is 5.43. The molecule has 0 radical (unpaired) electrons. The zero-order valence-electron chi connectivity index (χ0n) is 17.0. The maximum atomic E-state index is 12.9. The van der Waals surface area contributed by atoms with Gasteiger partial charge in [-0.05, 0) is 31.1 Å². The number of thiophene rings is 1. The highest BCUT2D eigenvalue weighted by molar-refractivity contribution is 7.92. The van der Waals surface area contributed by atoms with E-state index in [0.717, 1.165) is 20.8 Å². The molecule has 4 rings (SSSR count). The second-order valence-electron chi connectivity index (χ2n) is 7.40. The molecule has 0 N–H and O–H groups in total. The summed E-state index contributed by atoms with van der Waals surface area (Å²) in [7, 11) is -3.47. The molecule has 0 saturated carbocycles. The summed E-state index contributed by atoms with van der Waals surface area (Å²) >= 11 is 1.54. The van der Waals surface area contributed by atoms with Crippen LogP contribution < -0.4 is 5.56 Å². The van der Waals surface area contributed by atoms with E-state index in [2.05, 4.69) is 9.88 Å². The monoisotopic (exact) mass is 444 g/mol. The van der Waals surface area contributed by atoms with Gasteiger partial charge >= 0.3 is 0 Å². The summed E-state index contributed by atoms with van der Waals surface area (Å²) in [6.07, 6.45) is 3.21. The molecule has 3 aromatic rings. The molecule has 0 bridgehead atoms. The molecule has 30 heavy (non-hydrogen) atoms. The lowest BCUT2D eigenvalue weighted by Crippen LogP contribution is -2.49. The molecule has 0 amide bonds. The van der Waals surface area contributed by atoms with Gasteiger partial charge in [0.05, 0.1) is 12.1 Å². The number of aryl methyl sites for hydroxylation is 2. The minimum atomic E-state index is -3.47. The first-order valence-corrected chi connectivity index (χ1v) is 12.1. The van der Waals surface area contributed by atoms with Gasteiger partial charge in [0.1, 0.15) is 11.2 Å². The zero-order chi connectivity index (χ0) is 21.3. The molecule has 0 spiro atoms. The second kappa shape index (κ2) is 8.43. The Kier molecular flexibility index (Phi) is 5.88. The minimum Gasteiger partial charge on any atom is -0.285 e. The molecule has 0 atom stereocenters. The van der Waals surface area contributed by atoms with Crippen LogP contribution in [0.25, 0.3) is 16.3 Å². The van der Waals surface area contributed by atoms with E-state index in [-0.39, 0.29) is 5.56 Å². The third-order valence-corrected chi connectivity index (χ3v) is 8.11. The van der Waals surface area contributed by atoms with Gasteiger partial charge in [-0.15, -0.1) is 11.3 Å². The van der Waals surface area contributed by atoms with E-state index in [1.54, 1.807) is 17.0 Å². The first-order chi connectivity index (χ1) is 14.3. The molecule has 158 valence electrons. The smallest absolute Gasteiger partial charge is 0.263 e. The SMILES string of the molecule is Cc1sc2ncn(CN3CCN(S(=O)(=O)/C=C/c4ccccc4)CC3)c(=O)c2c1C. The molecule has 1 saturated heterocycles. The van der Waals surface area contributed by atoms with Crippen molar-refractivity contribution in [2.75, 3.05) is 26.2 Å². The van der Waals surface area contributed by atoms with Crippen molar-refractivity contribution in [3.05, 3.63) is 68.4 Å². The summed E-state index contributed by atoms with van der Waals surface area (Å²) in [5, 5.41) is 1.95. The number of benzene rings is 1. The lowest BCUT2D eigenvalue weighted by Gasteiger charge is -2.33. The van der Waals surface area contributed by atoms with E-state index in [0.29, 0.717) is 38.2 Å². The van der Waals surface area contributed by atoms with Crippen molar-refractivity contribution in [3.63, 3.8) is 0 Å². The minimum absolute atomic E-state index is 0.0392. The van der Waals surface area contributed by atoms with Crippen LogP contribution in [0.15, 0.2) is 46.9 Å².